The van der Waals surface area contributed by atoms with Crippen molar-refractivity contribution < 1.29 is 38.9 Å². The van der Waals surface area contributed by atoms with Crippen LogP contribution in [0.2, 0.25) is 26.2 Å². The average Bonchev–Trinajstić information content (AvgIpc) is 2.54. The summed E-state index contributed by atoms with van der Waals surface area (Å²) in [6, 6.07) is 0. The summed E-state index contributed by atoms with van der Waals surface area (Å²) in [5, 5.41) is 0. The maximum atomic E-state index is 6.24. The Balaban J connectivity index is 5.71. The lowest BCUT2D eigenvalue weighted by atomic mass is 10.9. The molecule has 0 aromatic heterocycles. The van der Waals surface area contributed by atoms with E-state index in [9.17, 15) is 0 Å². The highest BCUT2D eigenvalue weighted by Gasteiger charge is 2.57. The van der Waals surface area contributed by atoms with E-state index in [0.717, 1.165) is 0 Å². The van der Waals surface area contributed by atoms with Crippen molar-refractivity contribution >= 4 is 35.2 Å². The van der Waals surface area contributed by atoms with Gasteiger partial charge in [0.05, 0.1) is 0 Å². The highest BCUT2D eigenvalue weighted by Crippen LogP contribution is 2.27. The van der Waals surface area contributed by atoms with Crippen LogP contribution in [-0.4, -0.2) is 76.9 Å². The monoisotopic (exact) mass is 434 g/mol. The van der Waals surface area contributed by atoms with Crippen LogP contribution in [0.25, 0.3) is 0 Å². The Hall–Kier alpha value is 0.508. The molecule has 0 saturated carbocycles. The number of rotatable bonds is 14. The van der Waals surface area contributed by atoms with E-state index in [-0.39, 0.29) is 0 Å². The minimum Gasteiger partial charge on any atom is -0.377 e. The van der Waals surface area contributed by atoms with Crippen LogP contribution in [0.3, 0.4) is 0 Å². The zero-order valence-electron chi connectivity index (χ0n) is 17.1. The van der Waals surface area contributed by atoms with Crippen LogP contribution in [0.1, 0.15) is 13.8 Å². The lowest BCUT2D eigenvalue weighted by molar-refractivity contribution is 0.0589. The van der Waals surface area contributed by atoms with E-state index in [1.807, 2.05) is 13.8 Å². The van der Waals surface area contributed by atoms with E-state index < -0.39 is 35.2 Å². The molecule has 0 spiro atoms. The van der Waals surface area contributed by atoms with Crippen LogP contribution in [0, 0.1) is 0 Å². The van der Waals surface area contributed by atoms with Crippen LogP contribution in [0.4, 0.5) is 0 Å². The van der Waals surface area contributed by atoms with Crippen molar-refractivity contribution in [3.8, 4) is 0 Å². The Morgan fingerprint density at radius 2 is 0.760 bits per heavy atom. The molecule has 0 unspecified atom stereocenters. The molecule has 0 N–H and O–H groups in total. The van der Waals surface area contributed by atoms with Crippen molar-refractivity contribution in [2.45, 2.75) is 40.0 Å². The summed E-state index contributed by atoms with van der Waals surface area (Å²) in [5.74, 6) is 0. The van der Waals surface area contributed by atoms with Crippen molar-refractivity contribution in [2.24, 2.45) is 0 Å². The van der Waals surface area contributed by atoms with Crippen molar-refractivity contribution in [3.05, 3.63) is 0 Å². The second-order valence-corrected chi connectivity index (χ2v) is 17.0. The van der Waals surface area contributed by atoms with Crippen LogP contribution in [-0.2, 0) is 38.9 Å². The second kappa shape index (κ2) is 10.7. The molecule has 0 radical (unpaired) electrons. The molecule has 0 aromatic rings. The van der Waals surface area contributed by atoms with Gasteiger partial charge < -0.3 is 38.9 Å². The van der Waals surface area contributed by atoms with Gasteiger partial charge in [-0.1, -0.05) is 0 Å². The summed E-state index contributed by atoms with van der Waals surface area (Å²) in [6.45, 7) is 11.7. The molecular formula is C12H34O9Si4. The summed E-state index contributed by atoms with van der Waals surface area (Å²) < 4.78 is 51.8. The smallest absolute Gasteiger partial charge is 0.377 e. The molecule has 0 aliphatic rings. The molecule has 152 valence electrons. The highest BCUT2D eigenvalue weighted by molar-refractivity contribution is 6.84. The Bertz CT molecular complexity index is 354. The maximum Gasteiger partial charge on any atom is 0.490 e. The molecule has 0 rings (SSSR count). The SMILES string of the molecule is CCO[Si](C)(OCC)O[Si](C)(O[Si](C)(OC)OC)O[Si](C)(OC)OC. The van der Waals surface area contributed by atoms with Crippen molar-refractivity contribution in [1.82, 2.24) is 0 Å². The first-order chi connectivity index (χ1) is 11.5. The predicted molar refractivity (Wildman–Crippen MR) is 101 cm³/mol. The minimum absolute atomic E-state index is 0.444. The molecular weight excluding hydrogens is 400 g/mol. The number of hydrogen-bond acceptors (Lipinski definition) is 9. The van der Waals surface area contributed by atoms with E-state index in [0.29, 0.717) is 13.2 Å². The average molecular weight is 435 g/mol. The van der Waals surface area contributed by atoms with Crippen molar-refractivity contribution in [2.75, 3.05) is 41.7 Å². The second-order valence-electron chi connectivity index (χ2n) is 5.44. The molecule has 0 aliphatic carbocycles. The summed E-state index contributed by atoms with van der Waals surface area (Å²) in [5.41, 5.74) is 0. The Labute approximate surface area is 156 Å². The third-order valence-electron chi connectivity index (χ3n) is 3.41. The molecule has 0 atom stereocenters. The van der Waals surface area contributed by atoms with E-state index in [4.69, 9.17) is 38.9 Å². The van der Waals surface area contributed by atoms with Crippen LogP contribution in [0.5, 0.6) is 0 Å². The fourth-order valence-electron chi connectivity index (χ4n) is 2.03. The van der Waals surface area contributed by atoms with Gasteiger partial charge in [0.15, 0.2) is 0 Å². The summed E-state index contributed by atoms with van der Waals surface area (Å²) in [4.78, 5) is 0. The van der Waals surface area contributed by atoms with E-state index in [1.54, 1.807) is 26.2 Å². The molecule has 0 saturated heterocycles. The van der Waals surface area contributed by atoms with Gasteiger partial charge in [0, 0.05) is 67.8 Å². The first-order valence-corrected chi connectivity index (χ1v) is 17.0. The summed E-state index contributed by atoms with van der Waals surface area (Å²) >= 11 is 0. The van der Waals surface area contributed by atoms with Gasteiger partial charge in [0.2, 0.25) is 0 Å². The molecule has 9 nitrogen and oxygen atoms in total. The molecule has 0 aromatic carbocycles. The first kappa shape index (κ1) is 25.5. The third kappa shape index (κ3) is 8.37. The fraction of sp³-hybridized carbons (Fsp3) is 1.00. The first-order valence-electron chi connectivity index (χ1n) is 8.07. The summed E-state index contributed by atoms with van der Waals surface area (Å²) in [6.07, 6.45) is 0. The van der Waals surface area contributed by atoms with Gasteiger partial charge in [-0.2, -0.15) is 0 Å². The largest absolute Gasteiger partial charge is 0.490 e. The Morgan fingerprint density at radius 1 is 0.480 bits per heavy atom. The van der Waals surface area contributed by atoms with Gasteiger partial charge in [0.25, 0.3) is 0 Å². The lowest BCUT2D eigenvalue weighted by Gasteiger charge is -2.40. The quantitative estimate of drug-likeness (QED) is 0.381. The Morgan fingerprint density at radius 3 is 1.00 bits per heavy atom. The molecule has 13 heteroatoms. The van der Waals surface area contributed by atoms with E-state index in [1.165, 1.54) is 28.4 Å². The molecule has 0 heterocycles. The van der Waals surface area contributed by atoms with Crippen LogP contribution >= 0.6 is 0 Å². The molecule has 25 heavy (non-hydrogen) atoms. The van der Waals surface area contributed by atoms with Crippen LogP contribution < -0.4 is 0 Å². The normalized spacial score (nSPS) is 14.2. The van der Waals surface area contributed by atoms with Crippen LogP contribution in [0.15, 0.2) is 0 Å². The molecule has 0 fully saturated rings. The topological polar surface area (TPSA) is 83.1 Å². The maximum absolute atomic E-state index is 6.24. The lowest BCUT2D eigenvalue weighted by Crippen LogP contribution is -2.65. The van der Waals surface area contributed by atoms with E-state index >= 15 is 0 Å². The fourth-order valence-corrected chi connectivity index (χ4v) is 15.0. The molecule has 0 amide bonds. The van der Waals surface area contributed by atoms with Crippen molar-refractivity contribution in [3.63, 3.8) is 0 Å². The molecule has 0 aliphatic heterocycles. The standard InChI is InChI=1S/C12H34O9Si4/c1-11-17-24(9,18-12-2)21-25(10,19-22(7,13-3)14-4)20-23(8,15-5)16-6/h11-12H2,1-10H3. The van der Waals surface area contributed by atoms with Gasteiger partial charge in [-0.3, -0.25) is 0 Å². The third-order valence-corrected chi connectivity index (χ3v) is 16.9. The highest BCUT2D eigenvalue weighted by atomic mass is 28.5. The number of hydrogen-bond donors (Lipinski definition) is 0. The minimum atomic E-state index is -3.38. The summed E-state index contributed by atoms with van der Waals surface area (Å²) in [7, 11) is -6.23. The van der Waals surface area contributed by atoms with Gasteiger partial charge >= 0.3 is 35.2 Å². The molecule has 0 bridgehead atoms. The zero-order chi connectivity index (χ0) is 19.8. The van der Waals surface area contributed by atoms with Crippen molar-refractivity contribution in [1.29, 1.82) is 0 Å². The zero-order valence-corrected chi connectivity index (χ0v) is 21.1. The Kier molecular flexibility index (Phi) is 11.0. The van der Waals surface area contributed by atoms with Gasteiger partial charge in [-0.05, 0) is 13.8 Å². The van der Waals surface area contributed by atoms with Gasteiger partial charge in [0.1, 0.15) is 0 Å². The predicted octanol–water partition coefficient (Wildman–Crippen LogP) is 1.97. The van der Waals surface area contributed by atoms with E-state index in [2.05, 4.69) is 0 Å². The van der Waals surface area contributed by atoms with Gasteiger partial charge in [-0.25, -0.2) is 0 Å². The van der Waals surface area contributed by atoms with Gasteiger partial charge in [-0.15, -0.1) is 0 Å².